The van der Waals surface area contributed by atoms with Gasteiger partial charge in [0.2, 0.25) is 0 Å². The number of methoxy groups -OCH3 is 1. The second kappa shape index (κ2) is 11.0. The van der Waals surface area contributed by atoms with Gasteiger partial charge < -0.3 is 19.5 Å². The summed E-state index contributed by atoms with van der Waals surface area (Å²) in [5.74, 6) is 1.79. The summed E-state index contributed by atoms with van der Waals surface area (Å²) in [5, 5.41) is 2.78. The Bertz CT molecular complexity index is 1080. The normalized spacial score (nSPS) is 11.5. The molecule has 2 aromatic carbocycles. The minimum absolute atomic E-state index is 0.196. The van der Waals surface area contributed by atoms with Gasteiger partial charge in [-0.3, -0.25) is 14.2 Å². The second-order valence-electron chi connectivity index (χ2n) is 6.99. The monoisotopic (exact) mass is 437 g/mol. The molecule has 8 heteroatoms. The molecule has 0 spiro atoms. The molecule has 0 aliphatic rings. The fraction of sp³-hybridized carbons (Fsp3) is 0.292. The third-order valence-electron chi connectivity index (χ3n) is 4.73. The summed E-state index contributed by atoms with van der Waals surface area (Å²) in [4.78, 5) is 29.1. The van der Waals surface area contributed by atoms with E-state index in [1.165, 1.54) is 17.0 Å². The lowest BCUT2D eigenvalue weighted by molar-refractivity contribution is -0.127. The zero-order valence-corrected chi connectivity index (χ0v) is 18.4. The van der Waals surface area contributed by atoms with Gasteiger partial charge in [-0.15, -0.1) is 0 Å². The summed E-state index contributed by atoms with van der Waals surface area (Å²) < 4.78 is 17.6. The zero-order valence-electron chi connectivity index (χ0n) is 18.4. The molecule has 32 heavy (non-hydrogen) atoms. The molecule has 3 aromatic rings. The number of aromatic nitrogens is 2. The van der Waals surface area contributed by atoms with E-state index in [0.717, 1.165) is 17.1 Å². The molecule has 0 aliphatic heterocycles. The van der Waals surface area contributed by atoms with E-state index in [2.05, 4.69) is 10.3 Å². The maximum absolute atomic E-state index is 12.4. The molecular formula is C24H27N3O5. The lowest BCUT2D eigenvalue weighted by Crippen LogP contribution is -2.38. The number of hydrogen-bond donors (Lipinski definition) is 1. The van der Waals surface area contributed by atoms with Gasteiger partial charge in [-0.05, 0) is 62.4 Å². The van der Waals surface area contributed by atoms with Gasteiger partial charge in [-0.2, -0.15) is 0 Å². The number of ether oxygens (including phenoxy) is 3. The molecular weight excluding hydrogens is 410 g/mol. The van der Waals surface area contributed by atoms with Crippen LogP contribution in [0.5, 0.6) is 17.2 Å². The van der Waals surface area contributed by atoms with Gasteiger partial charge in [0, 0.05) is 24.7 Å². The Labute approximate surface area is 186 Å². The molecule has 0 bridgehead atoms. The predicted molar refractivity (Wildman–Crippen MR) is 121 cm³/mol. The molecule has 1 unspecified atom stereocenters. The fourth-order valence-corrected chi connectivity index (χ4v) is 3.00. The first-order chi connectivity index (χ1) is 15.5. The maximum Gasteiger partial charge on any atom is 0.260 e. The van der Waals surface area contributed by atoms with Crippen LogP contribution >= 0.6 is 0 Å². The number of amides is 1. The summed E-state index contributed by atoms with van der Waals surface area (Å²) in [7, 11) is 1.60. The van der Waals surface area contributed by atoms with Crippen molar-refractivity contribution in [1.29, 1.82) is 0 Å². The van der Waals surface area contributed by atoms with Crippen LogP contribution in [0.2, 0.25) is 0 Å². The average molecular weight is 437 g/mol. The summed E-state index contributed by atoms with van der Waals surface area (Å²) in [6, 6.07) is 15.9. The van der Waals surface area contributed by atoms with Gasteiger partial charge in [0.25, 0.3) is 11.5 Å². The van der Waals surface area contributed by atoms with Crippen molar-refractivity contribution in [3.05, 3.63) is 71.3 Å². The van der Waals surface area contributed by atoms with Crippen LogP contribution in [-0.2, 0) is 11.3 Å². The number of rotatable bonds is 10. The third kappa shape index (κ3) is 6.10. The highest BCUT2D eigenvalue weighted by Gasteiger charge is 2.14. The first-order valence-corrected chi connectivity index (χ1v) is 10.4. The Morgan fingerprint density at radius 1 is 1.06 bits per heavy atom. The molecule has 1 amide bonds. The van der Waals surface area contributed by atoms with Gasteiger partial charge in [-0.25, -0.2) is 4.98 Å². The van der Waals surface area contributed by atoms with Crippen molar-refractivity contribution in [2.24, 2.45) is 0 Å². The number of hydrogen-bond acceptors (Lipinski definition) is 6. The SMILES string of the molecule is CCOc1ccc(OC(C)C(=O)NCCn2cnc(-c3ccc(OC)cc3)cc2=O)cc1. The molecule has 1 atom stereocenters. The standard InChI is InChI=1S/C24H27N3O5/c1-4-31-20-9-11-21(12-10-20)32-17(2)24(29)25-13-14-27-16-26-22(15-23(27)28)18-5-7-19(30-3)8-6-18/h5-12,15-17H,4,13-14H2,1-3H3,(H,25,29). The Kier molecular flexibility index (Phi) is 7.85. The highest BCUT2D eigenvalue weighted by Crippen LogP contribution is 2.20. The number of benzene rings is 2. The summed E-state index contributed by atoms with van der Waals surface area (Å²) >= 11 is 0. The molecule has 0 saturated heterocycles. The predicted octanol–water partition coefficient (Wildman–Crippen LogP) is 2.90. The Morgan fingerprint density at radius 2 is 1.72 bits per heavy atom. The van der Waals surface area contributed by atoms with Crippen LogP contribution in [0.4, 0.5) is 0 Å². The van der Waals surface area contributed by atoms with E-state index in [9.17, 15) is 9.59 Å². The van der Waals surface area contributed by atoms with Crippen LogP contribution in [0, 0.1) is 0 Å². The van der Waals surface area contributed by atoms with E-state index in [1.54, 1.807) is 38.3 Å². The highest BCUT2D eigenvalue weighted by molar-refractivity contribution is 5.80. The lowest BCUT2D eigenvalue weighted by Gasteiger charge is -2.15. The van der Waals surface area contributed by atoms with Crippen molar-refractivity contribution < 1.29 is 19.0 Å². The average Bonchev–Trinajstić information content (AvgIpc) is 2.81. The molecule has 1 aromatic heterocycles. The number of carbonyl (C=O) groups excluding carboxylic acids is 1. The van der Waals surface area contributed by atoms with E-state index in [-0.39, 0.29) is 18.0 Å². The van der Waals surface area contributed by atoms with Crippen molar-refractivity contribution >= 4 is 5.91 Å². The van der Waals surface area contributed by atoms with E-state index in [0.29, 0.717) is 24.6 Å². The topological polar surface area (TPSA) is 91.7 Å². The Balaban J connectivity index is 1.50. The minimum atomic E-state index is -0.680. The largest absolute Gasteiger partial charge is 0.497 e. The smallest absolute Gasteiger partial charge is 0.260 e. The van der Waals surface area contributed by atoms with Crippen molar-refractivity contribution in [3.8, 4) is 28.5 Å². The number of carbonyl (C=O) groups is 1. The molecule has 1 N–H and O–H groups in total. The molecule has 0 saturated carbocycles. The van der Waals surface area contributed by atoms with Crippen LogP contribution < -0.4 is 25.1 Å². The Hall–Kier alpha value is -3.81. The lowest BCUT2D eigenvalue weighted by atomic mass is 10.1. The molecule has 0 radical (unpaired) electrons. The van der Waals surface area contributed by atoms with E-state index < -0.39 is 6.10 Å². The van der Waals surface area contributed by atoms with Gasteiger partial charge in [0.15, 0.2) is 6.10 Å². The summed E-state index contributed by atoms with van der Waals surface area (Å²) in [6.07, 6.45) is 0.800. The van der Waals surface area contributed by atoms with E-state index in [4.69, 9.17) is 14.2 Å². The minimum Gasteiger partial charge on any atom is -0.497 e. The molecule has 168 valence electrons. The molecule has 8 nitrogen and oxygen atoms in total. The van der Waals surface area contributed by atoms with Crippen molar-refractivity contribution in [1.82, 2.24) is 14.9 Å². The third-order valence-corrected chi connectivity index (χ3v) is 4.73. The van der Waals surface area contributed by atoms with Crippen LogP contribution in [0.25, 0.3) is 11.3 Å². The van der Waals surface area contributed by atoms with Crippen molar-refractivity contribution in [2.75, 3.05) is 20.3 Å². The summed E-state index contributed by atoms with van der Waals surface area (Å²) in [5.41, 5.74) is 1.21. The highest BCUT2D eigenvalue weighted by atomic mass is 16.5. The van der Waals surface area contributed by atoms with Crippen molar-refractivity contribution in [3.63, 3.8) is 0 Å². The number of nitrogens with zero attached hydrogens (tertiary/aromatic N) is 2. The van der Waals surface area contributed by atoms with Gasteiger partial charge in [0.05, 0.1) is 25.7 Å². The first-order valence-electron chi connectivity index (χ1n) is 10.4. The summed E-state index contributed by atoms with van der Waals surface area (Å²) in [6.45, 7) is 4.75. The number of nitrogens with one attached hydrogen (secondary N) is 1. The van der Waals surface area contributed by atoms with Crippen molar-refractivity contribution in [2.45, 2.75) is 26.5 Å². The van der Waals surface area contributed by atoms with Gasteiger partial charge >= 0.3 is 0 Å². The molecule has 0 aliphatic carbocycles. The molecule has 3 rings (SSSR count). The van der Waals surface area contributed by atoms with Gasteiger partial charge in [-0.1, -0.05) is 0 Å². The first kappa shape index (κ1) is 22.9. The van der Waals surface area contributed by atoms with Crippen LogP contribution in [0.15, 0.2) is 65.7 Å². The van der Waals surface area contributed by atoms with Gasteiger partial charge in [0.1, 0.15) is 17.2 Å². The van der Waals surface area contributed by atoms with E-state index >= 15 is 0 Å². The maximum atomic E-state index is 12.4. The van der Waals surface area contributed by atoms with Crippen LogP contribution in [0.3, 0.4) is 0 Å². The van der Waals surface area contributed by atoms with Crippen LogP contribution in [0.1, 0.15) is 13.8 Å². The second-order valence-corrected chi connectivity index (χ2v) is 6.99. The van der Waals surface area contributed by atoms with Crippen LogP contribution in [-0.4, -0.2) is 41.8 Å². The quantitative estimate of drug-likeness (QED) is 0.524. The fourth-order valence-electron chi connectivity index (χ4n) is 3.00. The molecule has 0 fully saturated rings. The Morgan fingerprint density at radius 3 is 2.34 bits per heavy atom. The molecule has 1 heterocycles. The zero-order chi connectivity index (χ0) is 22.9. The van der Waals surface area contributed by atoms with E-state index in [1.807, 2.05) is 31.2 Å².